The lowest BCUT2D eigenvalue weighted by Gasteiger charge is -2.16. The van der Waals surface area contributed by atoms with Crippen molar-refractivity contribution in [3.63, 3.8) is 0 Å². The van der Waals surface area contributed by atoms with E-state index in [1.807, 2.05) is 0 Å². The zero-order valence-corrected chi connectivity index (χ0v) is 8.81. The summed E-state index contributed by atoms with van der Waals surface area (Å²) in [4.78, 5) is 3.22. The molecule has 0 fully saturated rings. The van der Waals surface area contributed by atoms with Gasteiger partial charge >= 0.3 is 6.36 Å². The summed E-state index contributed by atoms with van der Waals surface area (Å²) < 4.78 is 69.4. The highest BCUT2D eigenvalue weighted by Crippen LogP contribution is 2.40. The lowest BCUT2D eigenvalue weighted by Crippen LogP contribution is -2.19. The van der Waals surface area contributed by atoms with E-state index in [4.69, 9.17) is 0 Å². The van der Waals surface area contributed by atoms with Crippen molar-refractivity contribution >= 4 is 0 Å². The average molecular weight is 257 g/mol. The highest BCUT2D eigenvalue weighted by atomic mass is 19.4. The fourth-order valence-electron chi connectivity index (χ4n) is 1.20. The summed E-state index contributed by atoms with van der Waals surface area (Å²) in [6, 6.07) is 0. The van der Waals surface area contributed by atoms with Gasteiger partial charge in [0.2, 0.25) is 0 Å². The van der Waals surface area contributed by atoms with E-state index in [2.05, 4.69) is 14.5 Å². The van der Waals surface area contributed by atoms with Gasteiger partial charge in [0.15, 0.2) is 17.2 Å². The molecule has 0 saturated heterocycles. The predicted molar refractivity (Wildman–Crippen MR) is 47.2 cm³/mol. The first kappa shape index (κ1) is 13.5. The number of ether oxygens (including phenoxy) is 2. The Hall–Kier alpha value is -1.60. The number of hydrogen-bond acceptors (Lipinski definition) is 3. The Morgan fingerprint density at radius 1 is 1.24 bits per heavy atom. The second-order valence-corrected chi connectivity index (χ2v) is 3.04. The molecule has 0 bridgehead atoms. The lowest BCUT2D eigenvalue weighted by atomic mass is 10.2. The third-order valence-electron chi connectivity index (χ3n) is 1.82. The Bertz CT molecular complexity index is 405. The summed E-state index contributed by atoms with van der Waals surface area (Å²) >= 11 is 0. The molecule has 0 aliphatic heterocycles. The van der Waals surface area contributed by atoms with Crippen molar-refractivity contribution in [2.24, 2.45) is 0 Å². The summed E-state index contributed by atoms with van der Waals surface area (Å²) in [5.41, 5.74) is -0.944. The zero-order chi connectivity index (χ0) is 13.2. The first-order valence-corrected chi connectivity index (χ1v) is 4.33. The molecule has 17 heavy (non-hydrogen) atoms. The van der Waals surface area contributed by atoms with Crippen molar-refractivity contribution < 1.29 is 31.4 Å². The van der Waals surface area contributed by atoms with E-state index in [0.29, 0.717) is 0 Å². The van der Waals surface area contributed by atoms with Crippen LogP contribution < -0.4 is 9.47 Å². The molecule has 0 aliphatic rings. The summed E-state index contributed by atoms with van der Waals surface area (Å²) in [6.45, 7) is 1.37. The normalized spacial score (nSPS) is 11.8. The summed E-state index contributed by atoms with van der Waals surface area (Å²) in [6.07, 6.45) is -7.29. The fourth-order valence-corrected chi connectivity index (χ4v) is 1.20. The van der Waals surface area contributed by atoms with Crippen molar-refractivity contribution in [1.29, 1.82) is 0 Å². The molecule has 1 heterocycles. The topological polar surface area (TPSA) is 31.4 Å². The molecule has 0 N–H and O–H groups in total. The molecule has 0 spiro atoms. The minimum atomic E-state index is -5.09. The molecule has 1 aromatic rings. The quantitative estimate of drug-likeness (QED) is 0.779. The van der Waals surface area contributed by atoms with Crippen LogP contribution in [-0.4, -0.2) is 18.5 Å². The van der Waals surface area contributed by atoms with Crippen LogP contribution in [0.2, 0.25) is 0 Å². The van der Waals surface area contributed by atoms with Crippen molar-refractivity contribution in [3.8, 4) is 11.5 Å². The van der Waals surface area contributed by atoms with Crippen LogP contribution in [0.25, 0.3) is 0 Å². The molecular formula is C9H8F5NO2. The molecule has 8 heteroatoms. The number of halogens is 5. The van der Waals surface area contributed by atoms with Crippen molar-refractivity contribution in [2.45, 2.75) is 19.7 Å². The second kappa shape index (κ2) is 4.72. The van der Waals surface area contributed by atoms with E-state index in [9.17, 15) is 22.0 Å². The number of methoxy groups -OCH3 is 1. The van der Waals surface area contributed by atoms with Gasteiger partial charge < -0.3 is 9.47 Å². The van der Waals surface area contributed by atoms with Gasteiger partial charge in [0, 0.05) is 11.8 Å². The highest BCUT2D eigenvalue weighted by Gasteiger charge is 2.36. The first-order valence-electron chi connectivity index (χ1n) is 4.33. The molecule has 3 nitrogen and oxygen atoms in total. The third kappa shape index (κ3) is 3.18. The van der Waals surface area contributed by atoms with Crippen LogP contribution in [-0.2, 0) is 0 Å². The Morgan fingerprint density at radius 2 is 1.82 bits per heavy atom. The molecule has 0 amide bonds. The smallest absolute Gasteiger partial charge is 0.492 e. The van der Waals surface area contributed by atoms with Crippen LogP contribution in [0.4, 0.5) is 22.0 Å². The molecule has 0 radical (unpaired) electrons. The van der Waals surface area contributed by atoms with Crippen LogP contribution in [0.5, 0.6) is 11.5 Å². The van der Waals surface area contributed by atoms with Gasteiger partial charge in [0.1, 0.15) is 0 Å². The van der Waals surface area contributed by atoms with Crippen molar-refractivity contribution in [1.82, 2.24) is 4.98 Å². The molecule has 96 valence electrons. The Kier molecular flexibility index (Phi) is 3.74. The number of aromatic nitrogens is 1. The first-order chi connectivity index (χ1) is 7.76. The largest absolute Gasteiger partial charge is 0.573 e. The van der Waals surface area contributed by atoms with E-state index in [1.165, 1.54) is 6.92 Å². The maximum Gasteiger partial charge on any atom is 0.573 e. The maximum absolute atomic E-state index is 12.5. The number of nitrogens with zero attached hydrogens (tertiary/aromatic N) is 1. The number of aryl methyl sites for hydroxylation is 1. The molecule has 0 aliphatic carbocycles. The zero-order valence-electron chi connectivity index (χ0n) is 8.81. The van der Waals surface area contributed by atoms with Crippen LogP contribution in [0.15, 0.2) is 6.20 Å². The van der Waals surface area contributed by atoms with Crippen LogP contribution in [0.1, 0.15) is 17.7 Å². The van der Waals surface area contributed by atoms with Gasteiger partial charge in [-0.15, -0.1) is 13.2 Å². The Morgan fingerprint density at radius 3 is 2.24 bits per heavy atom. The third-order valence-corrected chi connectivity index (χ3v) is 1.82. The standard InChI is InChI=1S/C9H8F5NO2/c1-4-3-15-5(8(10)11)7(6(4)16-2)17-9(12,13)14/h3,8H,1-2H3. The molecular weight excluding hydrogens is 249 g/mol. The van der Waals surface area contributed by atoms with E-state index < -0.39 is 30.0 Å². The van der Waals surface area contributed by atoms with Gasteiger partial charge in [0.25, 0.3) is 6.43 Å². The van der Waals surface area contributed by atoms with Gasteiger partial charge in [-0.05, 0) is 6.92 Å². The summed E-state index contributed by atoms with van der Waals surface area (Å²) in [5, 5.41) is 0. The summed E-state index contributed by atoms with van der Waals surface area (Å²) in [7, 11) is 1.06. The van der Waals surface area contributed by atoms with Crippen molar-refractivity contribution in [2.75, 3.05) is 7.11 Å². The van der Waals surface area contributed by atoms with Crippen LogP contribution in [0, 0.1) is 6.92 Å². The Balaban J connectivity index is 3.34. The number of alkyl halides is 5. The molecule has 0 atom stereocenters. The monoisotopic (exact) mass is 257 g/mol. The highest BCUT2D eigenvalue weighted by molar-refractivity contribution is 5.48. The number of pyridine rings is 1. The fraction of sp³-hybridized carbons (Fsp3) is 0.444. The van der Waals surface area contributed by atoms with Gasteiger partial charge in [0.05, 0.1) is 7.11 Å². The Labute approximate surface area is 93.2 Å². The van der Waals surface area contributed by atoms with Gasteiger partial charge in [-0.3, -0.25) is 4.98 Å². The van der Waals surface area contributed by atoms with Crippen LogP contribution >= 0.6 is 0 Å². The van der Waals surface area contributed by atoms with E-state index in [1.54, 1.807) is 0 Å². The van der Waals surface area contributed by atoms with Gasteiger partial charge in [-0.1, -0.05) is 0 Å². The van der Waals surface area contributed by atoms with E-state index in [0.717, 1.165) is 13.3 Å². The molecule has 1 aromatic heterocycles. The minimum Gasteiger partial charge on any atom is -0.492 e. The maximum atomic E-state index is 12.5. The van der Waals surface area contributed by atoms with Gasteiger partial charge in [-0.2, -0.15) is 0 Å². The second-order valence-electron chi connectivity index (χ2n) is 3.04. The number of rotatable bonds is 3. The molecule has 0 saturated carbocycles. The molecule has 1 rings (SSSR count). The molecule has 0 aromatic carbocycles. The average Bonchev–Trinajstić information content (AvgIpc) is 2.15. The minimum absolute atomic E-state index is 0.163. The van der Waals surface area contributed by atoms with E-state index >= 15 is 0 Å². The van der Waals surface area contributed by atoms with Gasteiger partial charge in [-0.25, -0.2) is 8.78 Å². The SMILES string of the molecule is COc1c(C)cnc(C(F)F)c1OC(F)(F)F. The van der Waals surface area contributed by atoms with Crippen molar-refractivity contribution in [3.05, 3.63) is 17.5 Å². The van der Waals surface area contributed by atoms with Crippen LogP contribution in [0.3, 0.4) is 0 Å². The van der Waals surface area contributed by atoms with E-state index in [-0.39, 0.29) is 5.56 Å². The summed E-state index contributed by atoms with van der Waals surface area (Å²) in [5.74, 6) is -1.51. The lowest BCUT2D eigenvalue weighted by molar-refractivity contribution is -0.275. The predicted octanol–water partition coefficient (Wildman–Crippen LogP) is 3.23. The number of hydrogen-bond donors (Lipinski definition) is 0. The molecule has 0 unspecified atom stereocenters.